The molecule has 0 unspecified atom stereocenters. The summed E-state index contributed by atoms with van der Waals surface area (Å²) in [7, 11) is 1.82. The van der Waals surface area contributed by atoms with Crippen LogP contribution in [0, 0.1) is 5.41 Å². The normalized spacial score (nSPS) is 10.8. The minimum atomic E-state index is -0.0932. The summed E-state index contributed by atoms with van der Waals surface area (Å²) in [5.41, 5.74) is 6.68. The number of hydrogen-bond acceptors (Lipinski definition) is 6. The molecule has 148 valence electrons. The lowest BCUT2D eigenvalue weighted by Crippen LogP contribution is -2.39. The standard InChI is InChI=1S/C18H22N4OS2.2ClH/c1-18(2,10-19)11-22(3)16(23)14-9-13-15(24-14)21-17(25-13)20-12-7-5-4-6-8-12;;/h4-9H,10-11,19H2,1-3H3,(H,20,21);2*1H. The predicted octanol–water partition coefficient (Wildman–Crippen LogP) is 5.00. The van der Waals surface area contributed by atoms with Crippen molar-refractivity contribution in [1.29, 1.82) is 0 Å². The third-order valence-electron chi connectivity index (χ3n) is 3.89. The number of para-hydroxylation sites is 1. The van der Waals surface area contributed by atoms with E-state index in [1.807, 2.05) is 43.4 Å². The number of fused-ring (bicyclic) bond motifs is 1. The molecule has 0 spiro atoms. The van der Waals surface area contributed by atoms with Crippen LogP contribution in [-0.2, 0) is 0 Å². The Bertz CT molecular complexity index is 849. The number of carbonyl (C=O) groups is 1. The molecule has 0 saturated heterocycles. The number of aromatic nitrogens is 1. The molecule has 0 atom stereocenters. The number of nitrogens with two attached hydrogens (primary N) is 1. The first kappa shape index (κ1) is 23.7. The lowest BCUT2D eigenvalue weighted by molar-refractivity contribution is 0.0745. The van der Waals surface area contributed by atoms with Gasteiger partial charge in [-0.1, -0.05) is 43.4 Å². The van der Waals surface area contributed by atoms with E-state index < -0.39 is 0 Å². The third kappa shape index (κ3) is 5.80. The average Bonchev–Trinajstić information content (AvgIpc) is 3.13. The van der Waals surface area contributed by atoms with E-state index in [9.17, 15) is 4.79 Å². The minimum Gasteiger partial charge on any atom is -0.340 e. The first-order chi connectivity index (χ1) is 11.9. The Kier molecular flexibility index (Phi) is 8.50. The van der Waals surface area contributed by atoms with Gasteiger partial charge in [0.05, 0.1) is 9.58 Å². The fourth-order valence-electron chi connectivity index (χ4n) is 2.51. The molecule has 0 aliphatic rings. The molecule has 1 aromatic carbocycles. The van der Waals surface area contributed by atoms with Gasteiger partial charge in [-0.2, -0.15) is 0 Å². The number of rotatable bonds is 6. The summed E-state index contributed by atoms with van der Waals surface area (Å²) >= 11 is 2.99. The van der Waals surface area contributed by atoms with Gasteiger partial charge in [0, 0.05) is 19.3 Å². The maximum atomic E-state index is 12.6. The van der Waals surface area contributed by atoms with Gasteiger partial charge in [0.1, 0.15) is 4.83 Å². The number of thiazole rings is 1. The Balaban J connectivity index is 0.00000182. The number of halogens is 2. The second kappa shape index (κ2) is 9.71. The molecule has 3 N–H and O–H groups in total. The zero-order chi connectivity index (χ0) is 18.0. The summed E-state index contributed by atoms with van der Waals surface area (Å²) in [6.07, 6.45) is 0. The lowest BCUT2D eigenvalue weighted by Gasteiger charge is -2.28. The van der Waals surface area contributed by atoms with Gasteiger partial charge >= 0.3 is 0 Å². The molecule has 0 aliphatic heterocycles. The molecule has 2 heterocycles. The number of carbonyl (C=O) groups excluding carboxylic acids is 1. The van der Waals surface area contributed by atoms with Crippen LogP contribution in [0.15, 0.2) is 36.4 Å². The molecule has 0 fully saturated rings. The van der Waals surface area contributed by atoms with Gasteiger partial charge < -0.3 is 16.0 Å². The second-order valence-corrected chi connectivity index (χ2v) is 8.88. The minimum absolute atomic E-state index is 0. The lowest BCUT2D eigenvalue weighted by atomic mass is 9.93. The maximum Gasteiger partial charge on any atom is 0.263 e. The van der Waals surface area contributed by atoms with Gasteiger partial charge in [-0.3, -0.25) is 4.79 Å². The number of thiophene rings is 1. The van der Waals surface area contributed by atoms with Crippen LogP contribution in [0.3, 0.4) is 0 Å². The first-order valence-corrected chi connectivity index (χ1v) is 9.69. The van der Waals surface area contributed by atoms with Gasteiger partial charge in [-0.15, -0.1) is 36.2 Å². The quantitative estimate of drug-likeness (QED) is 0.558. The Hall–Kier alpha value is -1.38. The van der Waals surface area contributed by atoms with Crippen LogP contribution in [0.5, 0.6) is 0 Å². The highest BCUT2D eigenvalue weighted by atomic mass is 35.5. The Morgan fingerprint density at radius 2 is 1.89 bits per heavy atom. The van der Waals surface area contributed by atoms with Crippen molar-refractivity contribution in [3.05, 3.63) is 41.3 Å². The number of anilines is 2. The van der Waals surface area contributed by atoms with Gasteiger partial charge in [0.2, 0.25) is 0 Å². The Morgan fingerprint density at radius 3 is 2.48 bits per heavy atom. The predicted molar refractivity (Wildman–Crippen MR) is 122 cm³/mol. The molecular formula is C18H24Cl2N4OS2. The van der Waals surface area contributed by atoms with Crippen LogP contribution in [-0.4, -0.2) is 35.9 Å². The molecule has 1 amide bonds. The summed E-state index contributed by atoms with van der Waals surface area (Å²) in [4.78, 5) is 20.6. The number of amides is 1. The molecule has 0 aliphatic carbocycles. The largest absolute Gasteiger partial charge is 0.340 e. The van der Waals surface area contributed by atoms with E-state index in [2.05, 4.69) is 24.1 Å². The van der Waals surface area contributed by atoms with Crippen molar-refractivity contribution in [2.45, 2.75) is 13.8 Å². The number of nitrogens with one attached hydrogen (secondary N) is 1. The molecule has 3 rings (SSSR count). The monoisotopic (exact) mass is 446 g/mol. The van der Waals surface area contributed by atoms with Crippen molar-refractivity contribution in [2.75, 3.05) is 25.5 Å². The van der Waals surface area contributed by atoms with Crippen LogP contribution in [0.1, 0.15) is 23.5 Å². The van der Waals surface area contributed by atoms with Crippen molar-refractivity contribution >= 4 is 73.7 Å². The molecule has 3 aromatic rings. The van der Waals surface area contributed by atoms with E-state index >= 15 is 0 Å². The van der Waals surface area contributed by atoms with E-state index in [1.54, 1.807) is 16.2 Å². The van der Waals surface area contributed by atoms with Crippen molar-refractivity contribution in [3.63, 3.8) is 0 Å². The molecule has 9 heteroatoms. The van der Waals surface area contributed by atoms with E-state index in [1.165, 1.54) is 11.3 Å². The van der Waals surface area contributed by atoms with E-state index in [0.717, 1.165) is 25.2 Å². The molecule has 5 nitrogen and oxygen atoms in total. The summed E-state index contributed by atoms with van der Waals surface area (Å²) in [5, 5.41) is 4.13. The fraction of sp³-hybridized carbons (Fsp3) is 0.333. The van der Waals surface area contributed by atoms with E-state index in [4.69, 9.17) is 5.73 Å². The fourth-order valence-corrected chi connectivity index (χ4v) is 4.64. The van der Waals surface area contributed by atoms with Gasteiger partial charge in [0.25, 0.3) is 5.91 Å². The highest BCUT2D eigenvalue weighted by Crippen LogP contribution is 2.34. The SMILES string of the molecule is CN(CC(C)(C)CN)C(=O)c1cc2sc(Nc3ccccc3)nc2s1.Cl.Cl. The number of nitrogens with zero attached hydrogens (tertiary/aromatic N) is 2. The molecule has 0 radical (unpaired) electrons. The van der Waals surface area contributed by atoms with Gasteiger partial charge in [0.15, 0.2) is 5.13 Å². The first-order valence-electron chi connectivity index (χ1n) is 8.06. The van der Waals surface area contributed by atoms with Crippen molar-refractivity contribution < 1.29 is 4.79 Å². The van der Waals surface area contributed by atoms with Crippen LogP contribution < -0.4 is 11.1 Å². The second-order valence-electron chi connectivity index (χ2n) is 6.82. The Morgan fingerprint density at radius 1 is 1.22 bits per heavy atom. The summed E-state index contributed by atoms with van der Waals surface area (Å²) in [6.45, 7) is 5.29. The summed E-state index contributed by atoms with van der Waals surface area (Å²) in [6, 6.07) is 11.9. The van der Waals surface area contributed by atoms with Crippen molar-refractivity contribution in [2.24, 2.45) is 11.1 Å². The highest BCUT2D eigenvalue weighted by molar-refractivity contribution is 7.29. The average molecular weight is 447 g/mol. The van der Waals surface area contributed by atoms with Gasteiger partial charge in [-0.05, 0) is 30.2 Å². The number of benzene rings is 1. The molecule has 2 aromatic heterocycles. The maximum absolute atomic E-state index is 12.6. The van der Waals surface area contributed by atoms with Crippen molar-refractivity contribution in [1.82, 2.24) is 9.88 Å². The Labute approximate surface area is 179 Å². The van der Waals surface area contributed by atoms with Crippen LogP contribution in [0.2, 0.25) is 0 Å². The summed E-state index contributed by atoms with van der Waals surface area (Å²) < 4.78 is 1.03. The molecular weight excluding hydrogens is 423 g/mol. The van der Waals surface area contributed by atoms with Gasteiger partial charge in [-0.25, -0.2) is 4.98 Å². The molecule has 27 heavy (non-hydrogen) atoms. The third-order valence-corrected chi connectivity index (χ3v) is 5.95. The topological polar surface area (TPSA) is 71.2 Å². The van der Waals surface area contributed by atoms with Crippen molar-refractivity contribution in [3.8, 4) is 0 Å². The van der Waals surface area contributed by atoms with Crippen LogP contribution in [0.25, 0.3) is 9.53 Å². The van der Waals surface area contributed by atoms with E-state index in [-0.39, 0.29) is 36.1 Å². The molecule has 0 bridgehead atoms. The number of hydrogen-bond donors (Lipinski definition) is 2. The summed E-state index contributed by atoms with van der Waals surface area (Å²) in [5.74, 6) is 0.0225. The zero-order valence-corrected chi connectivity index (χ0v) is 18.7. The van der Waals surface area contributed by atoms with Crippen LogP contribution >= 0.6 is 47.5 Å². The van der Waals surface area contributed by atoms with E-state index in [0.29, 0.717) is 13.1 Å². The smallest absolute Gasteiger partial charge is 0.263 e. The van der Waals surface area contributed by atoms with Crippen LogP contribution in [0.4, 0.5) is 10.8 Å². The highest BCUT2D eigenvalue weighted by Gasteiger charge is 2.23. The zero-order valence-electron chi connectivity index (χ0n) is 15.4. The molecule has 0 saturated carbocycles.